The number of aromatic hydroxyl groups is 2. The van der Waals surface area contributed by atoms with Gasteiger partial charge in [0.05, 0.1) is 20.3 Å². The Bertz CT molecular complexity index is 784. The van der Waals surface area contributed by atoms with Crippen molar-refractivity contribution in [1.82, 2.24) is 0 Å². The molecule has 1 aliphatic rings. The Morgan fingerprint density at radius 3 is 2.38 bits per heavy atom. The standard InChI is InChI=1S/C21H26O5/c1-25-20-14-5-3-4-6-15(22)9-7-13-8-10-18(23)16(11-13)17(12-14)21(26-2)19(20)24/h8,10-12,15,22-24H,3-7,9H2,1-2H3/t15-/m0/s1. The number of aliphatic hydroxyl groups excluding tert-OH is 1. The molecule has 0 unspecified atom stereocenters. The quantitative estimate of drug-likeness (QED) is 0.761. The minimum absolute atomic E-state index is 0.0535. The second-order valence-electron chi connectivity index (χ2n) is 6.79. The van der Waals surface area contributed by atoms with Crippen molar-refractivity contribution in [1.29, 1.82) is 0 Å². The van der Waals surface area contributed by atoms with Crippen LogP contribution in [0.15, 0.2) is 24.3 Å². The van der Waals surface area contributed by atoms with E-state index in [0.717, 1.165) is 36.8 Å². The highest BCUT2D eigenvalue weighted by Crippen LogP contribution is 2.48. The Morgan fingerprint density at radius 2 is 1.65 bits per heavy atom. The van der Waals surface area contributed by atoms with E-state index in [4.69, 9.17) is 9.47 Å². The highest BCUT2D eigenvalue weighted by Gasteiger charge is 2.22. The Kier molecular flexibility index (Phi) is 5.57. The Morgan fingerprint density at radius 1 is 0.885 bits per heavy atom. The molecular formula is C21H26O5. The molecule has 0 radical (unpaired) electrons. The molecule has 0 amide bonds. The first-order valence-corrected chi connectivity index (χ1v) is 9.02. The molecule has 5 heteroatoms. The molecule has 5 nitrogen and oxygen atoms in total. The largest absolute Gasteiger partial charge is 0.507 e. The molecule has 0 aliphatic heterocycles. The van der Waals surface area contributed by atoms with Gasteiger partial charge in [0.15, 0.2) is 11.5 Å². The maximum absolute atomic E-state index is 10.7. The zero-order valence-electron chi connectivity index (χ0n) is 15.3. The van der Waals surface area contributed by atoms with Gasteiger partial charge in [0.2, 0.25) is 5.75 Å². The molecule has 3 N–H and O–H groups in total. The van der Waals surface area contributed by atoms with Crippen molar-refractivity contribution in [3.8, 4) is 34.1 Å². The van der Waals surface area contributed by atoms with Crippen LogP contribution in [0.3, 0.4) is 0 Å². The summed E-state index contributed by atoms with van der Waals surface area (Å²) in [5.74, 6) is 0.754. The van der Waals surface area contributed by atoms with Gasteiger partial charge in [-0.05, 0) is 61.4 Å². The maximum Gasteiger partial charge on any atom is 0.201 e. The van der Waals surface area contributed by atoms with Crippen LogP contribution >= 0.6 is 0 Å². The average molecular weight is 358 g/mol. The van der Waals surface area contributed by atoms with Crippen LogP contribution in [0.5, 0.6) is 23.0 Å². The third-order valence-corrected chi connectivity index (χ3v) is 5.04. The lowest BCUT2D eigenvalue weighted by molar-refractivity contribution is 0.151. The Balaban J connectivity index is 2.21. The Labute approximate surface area is 153 Å². The number of phenolic OH excluding ortho intramolecular Hbond substituents is 2. The molecule has 0 heterocycles. The summed E-state index contributed by atoms with van der Waals surface area (Å²) >= 11 is 0. The summed E-state index contributed by atoms with van der Waals surface area (Å²) in [4.78, 5) is 0. The first-order chi connectivity index (χ1) is 12.5. The fourth-order valence-electron chi connectivity index (χ4n) is 3.64. The predicted octanol–water partition coefficient (Wildman–Crippen LogP) is 3.80. The Hall–Kier alpha value is -2.40. The fourth-order valence-corrected chi connectivity index (χ4v) is 3.64. The van der Waals surface area contributed by atoms with Crippen LogP contribution in [0.2, 0.25) is 0 Å². The number of ether oxygens (including phenoxy) is 2. The maximum atomic E-state index is 10.7. The van der Waals surface area contributed by atoms with Crippen LogP contribution < -0.4 is 9.47 Å². The van der Waals surface area contributed by atoms with Gasteiger partial charge in [-0.3, -0.25) is 0 Å². The summed E-state index contributed by atoms with van der Waals surface area (Å²) in [6.45, 7) is 0. The molecule has 1 atom stereocenters. The van der Waals surface area contributed by atoms with E-state index in [1.807, 2.05) is 18.2 Å². The molecule has 3 rings (SSSR count). The van der Waals surface area contributed by atoms with Crippen molar-refractivity contribution in [2.75, 3.05) is 14.2 Å². The number of aryl methyl sites for hydroxylation is 2. The third-order valence-electron chi connectivity index (χ3n) is 5.04. The van der Waals surface area contributed by atoms with Gasteiger partial charge in [-0.25, -0.2) is 0 Å². The highest BCUT2D eigenvalue weighted by molar-refractivity contribution is 5.81. The zero-order valence-corrected chi connectivity index (χ0v) is 15.3. The van der Waals surface area contributed by atoms with Crippen LogP contribution in [-0.2, 0) is 12.8 Å². The summed E-state index contributed by atoms with van der Waals surface area (Å²) < 4.78 is 10.8. The van der Waals surface area contributed by atoms with Gasteiger partial charge >= 0.3 is 0 Å². The zero-order chi connectivity index (χ0) is 18.7. The van der Waals surface area contributed by atoms with Gasteiger partial charge in [-0.15, -0.1) is 0 Å². The van der Waals surface area contributed by atoms with Crippen molar-refractivity contribution in [3.63, 3.8) is 0 Å². The minimum atomic E-state index is -0.332. The van der Waals surface area contributed by atoms with Crippen molar-refractivity contribution >= 4 is 0 Å². The fraction of sp³-hybridized carbons (Fsp3) is 0.429. The van der Waals surface area contributed by atoms with Crippen molar-refractivity contribution < 1.29 is 24.8 Å². The monoisotopic (exact) mass is 358 g/mol. The first-order valence-electron chi connectivity index (χ1n) is 9.02. The van der Waals surface area contributed by atoms with Gasteiger partial charge in [0, 0.05) is 11.1 Å². The van der Waals surface area contributed by atoms with Crippen molar-refractivity contribution in [2.24, 2.45) is 0 Å². The van der Waals surface area contributed by atoms with Crippen LogP contribution in [0.4, 0.5) is 0 Å². The predicted molar refractivity (Wildman–Crippen MR) is 100 cm³/mol. The average Bonchev–Trinajstić information content (AvgIpc) is 2.64. The molecule has 140 valence electrons. The van der Waals surface area contributed by atoms with Crippen molar-refractivity contribution in [3.05, 3.63) is 35.4 Å². The van der Waals surface area contributed by atoms with E-state index in [1.165, 1.54) is 14.2 Å². The summed E-state index contributed by atoms with van der Waals surface area (Å²) in [6.07, 6.45) is 4.32. The second-order valence-corrected chi connectivity index (χ2v) is 6.79. The molecule has 0 fully saturated rings. The summed E-state index contributed by atoms with van der Waals surface area (Å²) in [7, 11) is 3.01. The number of methoxy groups -OCH3 is 2. The molecule has 0 spiro atoms. The number of hydrogen-bond donors (Lipinski definition) is 3. The lowest BCUT2D eigenvalue weighted by atomic mass is 9.95. The molecule has 0 aromatic heterocycles. The minimum Gasteiger partial charge on any atom is -0.507 e. The summed E-state index contributed by atoms with van der Waals surface area (Å²) in [6, 6.07) is 7.33. The van der Waals surface area contributed by atoms with E-state index in [0.29, 0.717) is 29.7 Å². The third kappa shape index (κ3) is 3.58. The number of hydrogen-bond acceptors (Lipinski definition) is 5. The van der Waals surface area contributed by atoms with Gasteiger partial charge < -0.3 is 24.8 Å². The van der Waals surface area contributed by atoms with Crippen LogP contribution in [0.1, 0.15) is 36.8 Å². The number of rotatable bonds is 2. The number of phenols is 2. The van der Waals surface area contributed by atoms with Gasteiger partial charge in [0.25, 0.3) is 0 Å². The van der Waals surface area contributed by atoms with Crippen molar-refractivity contribution in [2.45, 2.75) is 44.6 Å². The molecule has 26 heavy (non-hydrogen) atoms. The number of fused-ring (bicyclic) bond motifs is 5. The SMILES string of the molecule is COc1c2cc(c(OC)c1O)-c1cc(ccc1O)CC[C@@H](O)CCCC2. The van der Waals surface area contributed by atoms with E-state index in [1.54, 1.807) is 6.07 Å². The van der Waals surface area contributed by atoms with Gasteiger partial charge in [-0.1, -0.05) is 12.5 Å². The van der Waals surface area contributed by atoms with E-state index < -0.39 is 0 Å². The molecule has 2 aromatic rings. The number of benzene rings is 2. The van der Waals surface area contributed by atoms with Crippen LogP contribution in [-0.4, -0.2) is 35.6 Å². The molecular weight excluding hydrogens is 332 g/mol. The van der Waals surface area contributed by atoms with Crippen LogP contribution in [0, 0.1) is 0 Å². The molecule has 0 saturated heterocycles. The topological polar surface area (TPSA) is 79.2 Å². The lowest BCUT2D eigenvalue weighted by Crippen LogP contribution is -2.08. The molecule has 4 bridgehead atoms. The van der Waals surface area contributed by atoms with E-state index in [2.05, 4.69) is 0 Å². The summed E-state index contributed by atoms with van der Waals surface area (Å²) in [5, 5.41) is 31.3. The highest BCUT2D eigenvalue weighted by atomic mass is 16.5. The van der Waals surface area contributed by atoms with E-state index >= 15 is 0 Å². The second kappa shape index (κ2) is 7.87. The van der Waals surface area contributed by atoms with E-state index in [-0.39, 0.29) is 23.4 Å². The van der Waals surface area contributed by atoms with Gasteiger partial charge in [0.1, 0.15) is 5.75 Å². The molecule has 0 saturated carbocycles. The number of aliphatic hydroxyl groups is 1. The first kappa shape index (κ1) is 18.4. The molecule has 1 aliphatic carbocycles. The van der Waals surface area contributed by atoms with Gasteiger partial charge in [-0.2, -0.15) is 0 Å². The molecule has 2 aromatic carbocycles. The summed E-state index contributed by atoms with van der Waals surface area (Å²) in [5.41, 5.74) is 3.13. The van der Waals surface area contributed by atoms with Crippen LogP contribution in [0.25, 0.3) is 11.1 Å². The smallest absolute Gasteiger partial charge is 0.201 e. The van der Waals surface area contributed by atoms with E-state index in [9.17, 15) is 15.3 Å². The normalized spacial score (nSPS) is 17.6. The lowest BCUT2D eigenvalue weighted by Gasteiger charge is -2.18.